The van der Waals surface area contributed by atoms with E-state index in [0.29, 0.717) is 10.6 Å². The van der Waals surface area contributed by atoms with Crippen molar-refractivity contribution < 1.29 is 23.2 Å². The molecule has 0 spiro atoms. The van der Waals surface area contributed by atoms with Crippen molar-refractivity contribution in [3.8, 4) is 10.6 Å². The van der Waals surface area contributed by atoms with Crippen LogP contribution in [0.2, 0.25) is 0 Å². The van der Waals surface area contributed by atoms with Crippen molar-refractivity contribution in [3.63, 3.8) is 0 Å². The number of nitrogens with zero attached hydrogens (tertiary/aromatic N) is 2. The van der Waals surface area contributed by atoms with Gasteiger partial charge in [0, 0.05) is 24.2 Å². The van der Waals surface area contributed by atoms with Crippen molar-refractivity contribution in [1.82, 2.24) is 15.2 Å². The van der Waals surface area contributed by atoms with Crippen LogP contribution in [0.25, 0.3) is 16.6 Å². The van der Waals surface area contributed by atoms with Gasteiger partial charge in [-0.05, 0) is 36.0 Å². The van der Waals surface area contributed by atoms with E-state index in [2.05, 4.69) is 10.3 Å². The maximum absolute atomic E-state index is 13.9. The number of benzene rings is 2. The summed E-state index contributed by atoms with van der Waals surface area (Å²) in [7, 11) is 0. The van der Waals surface area contributed by atoms with Crippen LogP contribution < -0.4 is 5.32 Å². The van der Waals surface area contributed by atoms with Gasteiger partial charge in [-0.25, -0.2) is 13.8 Å². The van der Waals surface area contributed by atoms with Crippen LogP contribution in [0.1, 0.15) is 15.2 Å². The average molecular weight is 472 g/mol. The summed E-state index contributed by atoms with van der Waals surface area (Å²) in [5.74, 6) is -1.92. The Kier molecular flexibility index (Phi) is 6.42. The molecule has 1 aromatic heterocycles. The lowest BCUT2D eigenvalue weighted by molar-refractivity contribution is -0.122. The number of hydrogen-bond donors (Lipinski definition) is 1. The highest BCUT2D eigenvalue weighted by molar-refractivity contribution is 8.18. The van der Waals surface area contributed by atoms with Gasteiger partial charge in [-0.2, -0.15) is 0 Å². The van der Waals surface area contributed by atoms with E-state index >= 15 is 0 Å². The van der Waals surface area contributed by atoms with Gasteiger partial charge in [-0.3, -0.25) is 19.3 Å². The third kappa shape index (κ3) is 4.61. The van der Waals surface area contributed by atoms with Crippen LogP contribution in [-0.4, -0.2) is 40.0 Å². The summed E-state index contributed by atoms with van der Waals surface area (Å²) in [6.07, 6.45) is 2.68. The summed E-state index contributed by atoms with van der Waals surface area (Å²) in [5, 5.41) is 2.50. The quantitative estimate of drug-likeness (QED) is 0.534. The molecule has 3 aromatic rings. The number of imide groups is 1. The number of nitrogens with one attached hydrogen (secondary N) is 1. The molecule has 0 aliphatic carbocycles. The molecular weight excluding hydrogens is 456 g/mol. The molecule has 10 heteroatoms. The molecule has 2 heterocycles. The standard InChI is InChI=1S/C22H15F2N3O3S2/c23-15-7-3-1-5-13(15)11-17-21(29)27(22(30)32-17)10-9-25-19(28)18-12-26-20(31-18)14-6-2-4-8-16(14)24/h1-8,11-12H,9-10H2,(H,25,28)/b17-11-. The Morgan fingerprint density at radius 1 is 1.06 bits per heavy atom. The SMILES string of the molecule is O=C(NCCN1C(=O)S/C(=C\c2ccccc2F)C1=O)c1cnc(-c2ccccc2F)s1. The maximum Gasteiger partial charge on any atom is 0.293 e. The van der Waals surface area contributed by atoms with E-state index in [1.807, 2.05) is 0 Å². The summed E-state index contributed by atoms with van der Waals surface area (Å²) in [6.45, 7) is -0.0131. The third-order valence-electron chi connectivity index (χ3n) is 4.52. The molecule has 2 aromatic carbocycles. The van der Waals surface area contributed by atoms with E-state index in [0.717, 1.165) is 28.0 Å². The van der Waals surface area contributed by atoms with Gasteiger partial charge in [0.05, 0.1) is 11.1 Å². The minimum Gasteiger partial charge on any atom is -0.349 e. The second-order valence-corrected chi connectivity index (χ2v) is 8.64. The van der Waals surface area contributed by atoms with Crippen molar-refractivity contribution >= 4 is 46.2 Å². The van der Waals surface area contributed by atoms with E-state index in [1.54, 1.807) is 24.3 Å². The summed E-state index contributed by atoms with van der Waals surface area (Å²) in [6, 6.07) is 12.1. The zero-order chi connectivity index (χ0) is 22.7. The molecule has 0 atom stereocenters. The smallest absolute Gasteiger partial charge is 0.293 e. The topological polar surface area (TPSA) is 79.4 Å². The van der Waals surface area contributed by atoms with Crippen molar-refractivity contribution in [2.75, 3.05) is 13.1 Å². The van der Waals surface area contributed by atoms with Crippen molar-refractivity contribution in [3.05, 3.63) is 81.7 Å². The van der Waals surface area contributed by atoms with Gasteiger partial charge in [-0.1, -0.05) is 30.3 Å². The molecule has 1 N–H and O–H groups in total. The van der Waals surface area contributed by atoms with Crippen molar-refractivity contribution in [1.29, 1.82) is 0 Å². The molecule has 1 aliphatic rings. The van der Waals surface area contributed by atoms with Gasteiger partial charge in [0.25, 0.3) is 17.1 Å². The van der Waals surface area contributed by atoms with Crippen molar-refractivity contribution in [2.24, 2.45) is 0 Å². The van der Waals surface area contributed by atoms with Crippen LogP contribution in [0.4, 0.5) is 13.6 Å². The Hall–Kier alpha value is -3.37. The second-order valence-electron chi connectivity index (χ2n) is 6.62. The largest absolute Gasteiger partial charge is 0.349 e. The van der Waals surface area contributed by atoms with E-state index in [4.69, 9.17) is 0 Å². The van der Waals surface area contributed by atoms with Gasteiger partial charge in [0.1, 0.15) is 21.5 Å². The molecule has 162 valence electrons. The number of rotatable bonds is 6. The lowest BCUT2D eigenvalue weighted by Crippen LogP contribution is -2.37. The minimum atomic E-state index is -0.544. The Balaban J connectivity index is 1.36. The third-order valence-corrected chi connectivity index (χ3v) is 6.46. The fourth-order valence-electron chi connectivity index (χ4n) is 2.93. The second kappa shape index (κ2) is 9.41. The zero-order valence-electron chi connectivity index (χ0n) is 16.4. The Labute approximate surface area is 190 Å². The van der Waals surface area contributed by atoms with Crippen LogP contribution in [0.15, 0.2) is 59.6 Å². The van der Waals surface area contributed by atoms with Crippen LogP contribution in [0.5, 0.6) is 0 Å². The first-order chi connectivity index (χ1) is 15.4. The molecule has 0 saturated carbocycles. The molecule has 4 rings (SSSR count). The predicted octanol–water partition coefficient (Wildman–Crippen LogP) is 4.55. The Bertz CT molecular complexity index is 1240. The number of aromatic nitrogens is 1. The summed E-state index contributed by atoms with van der Waals surface area (Å²) >= 11 is 1.75. The number of halogens is 2. The van der Waals surface area contributed by atoms with E-state index in [9.17, 15) is 23.2 Å². The highest BCUT2D eigenvalue weighted by atomic mass is 32.2. The van der Waals surface area contributed by atoms with Gasteiger partial charge in [0.15, 0.2) is 0 Å². The summed E-state index contributed by atoms with van der Waals surface area (Å²) < 4.78 is 27.7. The van der Waals surface area contributed by atoms with Crippen LogP contribution in [0.3, 0.4) is 0 Å². The molecule has 0 unspecified atom stereocenters. The highest BCUT2D eigenvalue weighted by Gasteiger charge is 2.34. The average Bonchev–Trinajstić information content (AvgIpc) is 3.36. The van der Waals surface area contributed by atoms with Crippen LogP contribution >= 0.6 is 23.1 Å². The number of carbonyl (C=O) groups excluding carboxylic acids is 3. The molecule has 1 saturated heterocycles. The Morgan fingerprint density at radius 2 is 1.78 bits per heavy atom. The number of carbonyl (C=O) groups is 3. The molecule has 1 aliphatic heterocycles. The lowest BCUT2D eigenvalue weighted by Gasteiger charge is -2.12. The normalized spacial score (nSPS) is 14.9. The monoisotopic (exact) mass is 471 g/mol. The van der Waals surface area contributed by atoms with E-state index in [-0.39, 0.29) is 28.4 Å². The molecule has 32 heavy (non-hydrogen) atoms. The fourth-order valence-corrected chi connectivity index (χ4v) is 4.65. The van der Waals surface area contributed by atoms with Gasteiger partial charge in [0.2, 0.25) is 0 Å². The number of thiazole rings is 1. The Morgan fingerprint density at radius 3 is 2.53 bits per heavy atom. The first-order valence-electron chi connectivity index (χ1n) is 9.43. The molecule has 6 nitrogen and oxygen atoms in total. The van der Waals surface area contributed by atoms with E-state index in [1.165, 1.54) is 36.5 Å². The molecule has 0 radical (unpaired) electrons. The van der Waals surface area contributed by atoms with Gasteiger partial charge < -0.3 is 5.32 Å². The fraction of sp³-hybridized carbons (Fsp3) is 0.0909. The number of thioether (sulfide) groups is 1. The molecule has 1 fully saturated rings. The minimum absolute atomic E-state index is 0.0246. The molecule has 3 amide bonds. The van der Waals surface area contributed by atoms with E-state index < -0.39 is 28.7 Å². The molecular formula is C22H15F2N3O3S2. The maximum atomic E-state index is 13.9. The highest BCUT2D eigenvalue weighted by Crippen LogP contribution is 2.32. The first-order valence-corrected chi connectivity index (χ1v) is 11.1. The summed E-state index contributed by atoms with van der Waals surface area (Å²) in [5.41, 5.74) is 0.512. The van der Waals surface area contributed by atoms with Crippen LogP contribution in [0, 0.1) is 11.6 Å². The van der Waals surface area contributed by atoms with Crippen molar-refractivity contribution in [2.45, 2.75) is 0 Å². The van der Waals surface area contributed by atoms with Crippen LogP contribution in [-0.2, 0) is 4.79 Å². The number of hydrogen-bond acceptors (Lipinski definition) is 6. The van der Waals surface area contributed by atoms with Gasteiger partial charge >= 0.3 is 0 Å². The lowest BCUT2D eigenvalue weighted by atomic mass is 10.2. The molecule has 0 bridgehead atoms. The number of amides is 3. The van der Waals surface area contributed by atoms with Gasteiger partial charge in [-0.15, -0.1) is 11.3 Å². The first kappa shape index (κ1) is 21.8. The predicted molar refractivity (Wildman–Crippen MR) is 119 cm³/mol. The summed E-state index contributed by atoms with van der Waals surface area (Å²) in [4.78, 5) is 42.5. The zero-order valence-corrected chi connectivity index (χ0v) is 18.0.